The van der Waals surface area contributed by atoms with Gasteiger partial charge in [0.2, 0.25) is 0 Å². The van der Waals surface area contributed by atoms with E-state index in [1.807, 2.05) is 24.3 Å². The third-order valence-electron chi connectivity index (χ3n) is 3.01. The van der Waals surface area contributed by atoms with E-state index in [2.05, 4.69) is 20.2 Å². The van der Waals surface area contributed by atoms with Crippen LogP contribution in [0.1, 0.15) is 0 Å². The molecule has 0 saturated heterocycles. The smallest absolute Gasteiger partial charge is 0.187 e. The Kier molecular flexibility index (Phi) is 1.62. The molecule has 0 radical (unpaired) electrons. The largest absolute Gasteiger partial charge is 0.383 e. The predicted octanol–water partition coefficient (Wildman–Crippen LogP) is 1.41. The third kappa shape index (κ3) is 1.06. The molecule has 0 aliphatic heterocycles. The van der Waals surface area contributed by atoms with Crippen molar-refractivity contribution in [1.29, 1.82) is 0 Å². The summed E-state index contributed by atoms with van der Waals surface area (Å²) >= 11 is 0. The van der Waals surface area contributed by atoms with Gasteiger partial charge < -0.3 is 5.73 Å². The molecule has 0 saturated carbocycles. The van der Waals surface area contributed by atoms with Crippen molar-refractivity contribution in [2.45, 2.75) is 0 Å². The van der Waals surface area contributed by atoms with Crippen molar-refractivity contribution in [3.63, 3.8) is 0 Å². The number of nitrogens with zero attached hydrogens (tertiary/aromatic N) is 5. The first kappa shape index (κ1) is 9.29. The van der Waals surface area contributed by atoms with Gasteiger partial charge in [-0.05, 0) is 6.07 Å². The number of fused-ring (bicyclic) bond motifs is 5. The molecule has 18 heavy (non-hydrogen) atoms. The number of anilines is 1. The molecule has 6 heteroatoms. The Hall–Kier alpha value is -2.76. The summed E-state index contributed by atoms with van der Waals surface area (Å²) in [7, 11) is 0. The highest BCUT2D eigenvalue weighted by molar-refractivity contribution is 6.13. The minimum atomic E-state index is 0.448. The maximum atomic E-state index is 6.03. The van der Waals surface area contributed by atoms with Crippen LogP contribution in [0.3, 0.4) is 0 Å². The van der Waals surface area contributed by atoms with Crippen LogP contribution in [0.2, 0.25) is 0 Å². The number of nitrogens with two attached hydrogens (primary N) is 1. The molecule has 0 unspecified atom stereocenters. The summed E-state index contributed by atoms with van der Waals surface area (Å²) in [5.74, 6) is 0.448. The molecule has 6 nitrogen and oxygen atoms in total. The molecular weight excluding hydrogens is 228 g/mol. The number of aromatic nitrogens is 5. The summed E-state index contributed by atoms with van der Waals surface area (Å²) < 4.78 is 1.45. The Labute approximate surface area is 101 Å². The molecule has 4 rings (SSSR count). The fraction of sp³-hybridized carbons (Fsp3) is 0. The van der Waals surface area contributed by atoms with Gasteiger partial charge in [-0.3, -0.25) is 0 Å². The van der Waals surface area contributed by atoms with E-state index in [1.165, 1.54) is 11.0 Å². The Morgan fingerprint density at radius 1 is 1.06 bits per heavy atom. The molecule has 0 bridgehead atoms. The van der Waals surface area contributed by atoms with Gasteiger partial charge in [-0.2, -0.15) is 5.10 Å². The molecule has 0 spiro atoms. The Balaban J connectivity index is 2.38. The van der Waals surface area contributed by atoms with Crippen LogP contribution in [-0.2, 0) is 0 Å². The Morgan fingerprint density at radius 2 is 1.94 bits per heavy atom. The van der Waals surface area contributed by atoms with Gasteiger partial charge in [0.1, 0.15) is 12.1 Å². The van der Waals surface area contributed by atoms with Gasteiger partial charge in [0, 0.05) is 10.8 Å². The molecule has 0 amide bonds. The van der Waals surface area contributed by atoms with E-state index in [9.17, 15) is 0 Å². The Morgan fingerprint density at radius 3 is 2.89 bits per heavy atom. The fourth-order valence-corrected chi connectivity index (χ4v) is 2.22. The minimum absolute atomic E-state index is 0.448. The lowest BCUT2D eigenvalue weighted by molar-refractivity contribution is 0.807. The minimum Gasteiger partial charge on any atom is -0.383 e. The summed E-state index contributed by atoms with van der Waals surface area (Å²) in [4.78, 5) is 8.59. The maximum absolute atomic E-state index is 6.03. The van der Waals surface area contributed by atoms with E-state index in [1.54, 1.807) is 6.20 Å². The number of hydrogen-bond donors (Lipinski definition) is 1. The van der Waals surface area contributed by atoms with Crippen LogP contribution in [0.25, 0.3) is 27.3 Å². The standard InChI is InChI=1S/C12H8N6/c13-11-10-8(5-15-18-12(10)14-6-16-18)7-3-1-2-4-9(7)17-11/h1-6H,(H2,13,17). The molecule has 3 heterocycles. The van der Waals surface area contributed by atoms with E-state index in [-0.39, 0.29) is 0 Å². The van der Waals surface area contributed by atoms with Gasteiger partial charge in [-0.1, -0.05) is 18.2 Å². The zero-order chi connectivity index (χ0) is 12.1. The molecule has 0 fully saturated rings. The number of nitrogen functional groups attached to an aromatic ring is 1. The van der Waals surface area contributed by atoms with Crippen LogP contribution in [-0.4, -0.2) is 24.8 Å². The first-order chi connectivity index (χ1) is 8.84. The van der Waals surface area contributed by atoms with Gasteiger partial charge >= 0.3 is 0 Å². The topological polar surface area (TPSA) is 82.0 Å². The summed E-state index contributed by atoms with van der Waals surface area (Å²) in [6, 6.07) is 7.83. The number of hydrogen-bond acceptors (Lipinski definition) is 5. The lowest BCUT2D eigenvalue weighted by atomic mass is 10.1. The van der Waals surface area contributed by atoms with Crippen molar-refractivity contribution in [2.24, 2.45) is 0 Å². The predicted molar refractivity (Wildman–Crippen MR) is 68.0 cm³/mol. The van der Waals surface area contributed by atoms with E-state index in [4.69, 9.17) is 5.73 Å². The van der Waals surface area contributed by atoms with Crippen molar-refractivity contribution < 1.29 is 0 Å². The molecule has 0 aliphatic rings. The monoisotopic (exact) mass is 236 g/mol. The summed E-state index contributed by atoms with van der Waals surface area (Å²) in [5.41, 5.74) is 7.51. The first-order valence-electron chi connectivity index (χ1n) is 5.47. The van der Waals surface area contributed by atoms with Gasteiger partial charge in [0.25, 0.3) is 0 Å². The van der Waals surface area contributed by atoms with Crippen LogP contribution in [0, 0.1) is 0 Å². The fourth-order valence-electron chi connectivity index (χ4n) is 2.22. The lowest BCUT2D eigenvalue weighted by Crippen LogP contribution is -1.99. The highest BCUT2D eigenvalue weighted by Crippen LogP contribution is 2.28. The third-order valence-corrected chi connectivity index (χ3v) is 3.01. The number of para-hydroxylation sites is 1. The van der Waals surface area contributed by atoms with E-state index < -0.39 is 0 Å². The average molecular weight is 236 g/mol. The molecule has 86 valence electrons. The van der Waals surface area contributed by atoms with Crippen LogP contribution in [0.4, 0.5) is 5.82 Å². The van der Waals surface area contributed by atoms with Gasteiger partial charge in [0.05, 0.1) is 17.1 Å². The van der Waals surface area contributed by atoms with Gasteiger partial charge in [0.15, 0.2) is 5.65 Å². The van der Waals surface area contributed by atoms with E-state index in [0.717, 1.165) is 21.7 Å². The van der Waals surface area contributed by atoms with Crippen molar-refractivity contribution in [1.82, 2.24) is 24.8 Å². The molecule has 3 aromatic heterocycles. The maximum Gasteiger partial charge on any atom is 0.187 e. The quantitative estimate of drug-likeness (QED) is 0.467. The molecule has 4 aromatic rings. The second-order valence-corrected chi connectivity index (χ2v) is 4.02. The highest BCUT2D eigenvalue weighted by atomic mass is 15.4. The van der Waals surface area contributed by atoms with Crippen LogP contribution < -0.4 is 5.73 Å². The van der Waals surface area contributed by atoms with Gasteiger partial charge in [-0.25, -0.2) is 9.97 Å². The lowest BCUT2D eigenvalue weighted by Gasteiger charge is -2.06. The molecule has 0 atom stereocenters. The van der Waals surface area contributed by atoms with Gasteiger partial charge in [-0.15, -0.1) is 9.73 Å². The molecule has 2 N–H and O–H groups in total. The molecular formula is C12H8N6. The number of rotatable bonds is 0. The van der Waals surface area contributed by atoms with Crippen LogP contribution >= 0.6 is 0 Å². The highest BCUT2D eigenvalue weighted by Gasteiger charge is 2.11. The van der Waals surface area contributed by atoms with E-state index in [0.29, 0.717) is 11.5 Å². The van der Waals surface area contributed by atoms with Crippen molar-refractivity contribution in [2.75, 3.05) is 5.73 Å². The zero-order valence-corrected chi connectivity index (χ0v) is 9.28. The summed E-state index contributed by atoms with van der Waals surface area (Å²) in [5, 5.41) is 11.0. The zero-order valence-electron chi connectivity index (χ0n) is 9.28. The molecule has 0 aliphatic carbocycles. The SMILES string of the molecule is Nc1nc2ccccc2c2cnn3ncnc3c12. The van der Waals surface area contributed by atoms with Crippen molar-refractivity contribution in [3.8, 4) is 0 Å². The number of pyridine rings is 1. The van der Waals surface area contributed by atoms with Crippen LogP contribution in [0.5, 0.6) is 0 Å². The molecule has 1 aromatic carbocycles. The van der Waals surface area contributed by atoms with E-state index >= 15 is 0 Å². The van der Waals surface area contributed by atoms with Crippen LogP contribution in [0.15, 0.2) is 36.8 Å². The summed E-state index contributed by atoms with van der Waals surface area (Å²) in [6.45, 7) is 0. The normalized spacial score (nSPS) is 11.6. The average Bonchev–Trinajstić information content (AvgIpc) is 2.86. The second-order valence-electron chi connectivity index (χ2n) is 4.02. The summed E-state index contributed by atoms with van der Waals surface area (Å²) in [6.07, 6.45) is 3.20. The van der Waals surface area contributed by atoms with Crippen molar-refractivity contribution in [3.05, 3.63) is 36.8 Å². The number of benzene rings is 1. The Bertz CT molecular complexity index is 895. The first-order valence-corrected chi connectivity index (χ1v) is 5.47. The van der Waals surface area contributed by atoms with Crippen molar-refractivity contribution >= 4 is 33.1 Å². The second kappa shape index (κ2) is 3.13.